The highest BCUT2D eigenvalue weighted by molar-refractivity contribution is 7.84. The van der Waals surface area contributed by atoms with Crippen molar-refractivity contribution in [2.75, 3.05) is 17.3 Å². The third kappa shape index (κ3) is 5.10. The number of amides is 2. The lowest BCUT2D eigenvalue weighted by Gasteiger charge is -2.14. The average molecular weight is 320 g/mol. The Morgan fingerprint density at radius 2 is 1.95 bits per heavy atom. The van der Waals surface area contributed by atoms with Gasteiger partial charge in [-0.25, -0.2) is 18.4 Å². The van der Waals surface area contributed by atoms with E-state index < -0.39 is 51.7 Å². The zero-order valence-corrected chi connectivity index (χ0v) is 12.1. The summed E-state index contributed by atoms with van der Waals surface area (Å²) in [7, 11) is -1.12. The number of nitrogens with one attached hydrogen (secondary N) is 2. The molecule has 0 bridgehead atoms. The Morgan fingerprint density at radius 1 is 1.33 bits per heavy atom. The summed E-state index contributed by atoms with van der Waals surface area (Å²) < 4.78 is 37.6. The van der Waals surface area contributed by atoms with Gasteiger partial charge >= 0.3 is 12.0 Å². The molecule has 0 spiro atoms. The molecule has 0 aromatic heterocycles. The molecule has 0 radical (unpaired) electrons. The molecule has 116 valence electrons. The summed E-state index contributed by atoms with van der Waals surface area (Å²) >= 11 is 0. The predicted octanol–water partition coefficient (Wildman–Crippen LogP) is 1.55. The maximum atomic E-state index is 13.5. The van der Waals surface area contributed by atoms with E-state index in [-0.39, 0.29) is 5.75 Å². The molecule has 2 amide bonds. The summed E-state index contributed by atoms with van der Waals surface area (Å²) in [6, 6.07) is -0.174. The number of carboxylic acids is 1. The van der Waals surface area contributed by atoms with Gasteiger partial charge in [0.15, 0.2) is 0 Å². The Balaban J connectivity index is 2.83. The second-order valence-electron chi connectivity index (χ2n) is 4.36. The van der Waals surface area contributed by atoms with E-state index in [2.05, 4.69) is 10.6 Å². The van der Waals surface area contributed by atoms with Crippen LogP contribution in [0.25, 0.3) is 0 Å². The zero-order valence-electron chi connectivity index (χ0n) is 11.3. The van der Waals surface area contributed by atoms with Gasteiger partial charge in [-0.15, -0.1) is 0 Å². The molecule has 0 saturated carbocycles. The summed E-state index contributed by atoms with van der Waals surface area (Å²) in [5, 5.41) is 13.2. The van der Waals surface area contributed by atoms with Crippen LogP contribution >= 0.6 is 0 Å². The molecule has 1 aromatic rings. The second kappa shape index (κ2) is 7.11. The van der Waals surface area contributed by atoms with Crippen molar-refractivity contribution < 1.29 is 27.7 Å². The van der Waals surface area contributed by atoms with Crippen LogP contribution in [0.3, 0.4) is 0 Å². The molecule has 2 atom stereocenters. The van der Waals surface area contributed by atoms with Crippen LogP contribution in [0.15, 0.2) is 12.1 Å². The van der Waals surface area contributed by atoms with E-state index in [4.69, 9.17) is 5.11 Å². The number of carboxylic acid groups (broad SMARTS) is 1. The Hall–Kier alpha value is -2.03. The number of halogens is 2. The molecule has 1 aromatic carbocycles. The van der Waals surface area contributed by atoms with Crippen LogP contribution in [0.2, 0.25) is 0 Å². The minimum absolute atomic E-state index is 0.208. The van der Waals surface area contributed by atoms with Crippen molar-refractivity contribution >= 4 is 28.5 Å². The van der Waals surface area contributed by atoms with Gasteiger partial charge in [0.1, 0.15) is 11.6 Å². The first-order valence-electron chi connectivity index (χ1n) is 5.80. The molecule has 0 heterocycles. The van der Waals surface area contributed by atoms with Gasteiger partial charge in [0, 0.05) is 34.9 Å². The molecule has 0 saturated heterocycles. The molecule has 1 rings (SSSR count). The predicted molar refractivity (Wildman–Crippen MR) is 73.9 cm³/mol. The quantitative estimate of drug-likeness (QED) is 0.767. The summed E-state index contributed by atoms with van der Waals surface area (Å²) in [6.45, 7) is 1.60. The molecular weight excluding hydrogens is 306 g/mol. The van der Waals surface area contributed by atoms with Crippen molar-refractivity contribution in [3.8, 4) is 0 Å². The van der Waals surface area contributed by atoms with E-state index in [9.17, 15) is 22.6 Å². The highest BCUT2D eigenvalue weighted by Gasteiger charge is 2.17. The maximum Gasteiger partial charge on any atom is 0.338 e. The molecule has 9 heteroatoms. The first kappa shape index (κ1) is 17.0. The molecule has 0 aliphatic rings. The molecule has 0 fully saturated rings. The Kier molecular flexibility index (Phi) is 5.77. The van der Waals surface area contributed by atoms with Gasteiger partial charge in [-0.1, -0.05) is 0 Å². The normalized spacial score (nSPS) is 13.3. The molecule has 6 nitrogen and oxygen atoms in total. The average Bonchev–Trinajstić information content (AvgIpc) is 2.30. The van der Waals surface area contributed by atoms with Gasteiger partial charge in [-0.2, -0.15) is 0 Å². The van der Waals surface area contributed by atoms with Crippen molar-refractivity contribution in [3.63, 3.8) is 0 Å². The van der Waals surface area contributed by atoms with E-state index in [1.165, 1.54) is 6.26 Å². The second-order valence-corrected chi connectivity index (χ2v) is 5.84. The molecular formula is C12H14F2N2O4S. The number of anilines is 1. The number of urea groups is 1. The number of carbonyl (C=O) groups excluding carboxylic acids is 1. The van der Waals surface area contributed by atoms with Gasteiger partial charge in [0.2, 0.25) is 0 Å². The zero-order chi connectivity index (χ0) is 16.2. The third-order valence-corrected chi connectivity index (χ3v) is 3.37. The minimum atomic E-state index is -1.58. The fourth-order valence-corrected chi connectivity index (χ4v) is 2.37. The highest BCUT2D eigenvalue weighted by atomic mass is 32.2. The Morgan fingerprint density at radius 3 is 2.48 bits per heavy atom. The fraction of sp³-hybridized carbons (Fsp3) is 0.333. The fourth-order valence-electron chi connectivity index (χ4n) is 1.58. The summed E-state index contributed by atoms with van der Waals surface area (Å²) in [5.41, 5.74) is -1.22. The lowest BCUT2D eigenvalue weighted by atomic mass is 10.2. The van der Waals surface area contributed by atoms with E-state index in [0.29, 0.717) is 12.1 Å². The van der Waals surface area contributed by atoms with Crippen LogP contribution < -0.4 is 10.6 Å². The molecule has 3 N–H and O–H groups in total. The van der Waals surface area contributed by atoms with Crippen molar-refractivity contribution in [2.24, 2.45) is 0 Å². The number of carbonyl (C=O) groups is 2. The largest absolute Gasteiger partial charge is 0.478 e. The van der Waals surface area contributed by atoms with Crippen LogP contribution in [0, 0.1) is 11.6 Å². The van der Waals surface area contributed by atoms with Crippen molar-refractivity contribution in [1.82, 2.24) is 5.32 Å². The molecule has 21 heavy (non-hydrogen) atoms. The number of hydrogen-bond donors (Lipinski definition) is 3. The van der Waals surface area contributed by atoms with Crippen LogP contribution in [-0.2, 0) is 10.8 Å². The van der Waals surface area contributed by atoms with E-state index in [0.717, 1.165) is 0 Å². The first-order chi connectivity index (χ1) is 9.70. The maximum absolute atomic E-state index is 13.5. The Bertz CT molecular complexity index is 595. The molecule has 0 aliphatic carbocycles. The highest BCUT2D eigenvalue weighted by Crippen LogP contribution is 2.19. The van der Waals surface area contributed by atoms with E-state index in [1.807, 2.05) is 0 Å². The smallest absolute Gasteiger partial charge is 0.338 e. The number of aromatic carboxylic acids is 1. The van der Waals surface area contributed by atoms with Crippen molar-refractivity contribution in [1.29, 1.82) is 0 Å². The van der Waals surface area contributed by atoms with E-state index in [1.54, 1.807) is 6.92 Å². The van der Waals surface area contributed by atoms with Crippen LogP contribution in [0.1, 0.15) is 17.3 Å². The van der Waals surface area contributed by atoms with Gasteiger partial charge in [-0.3, -0.25) is 4.21 Å². The van der Waals surface area contributed by atoms with Crippen molar-refractivity contribution in [3.05, 3.63) is 29.3 Å². The van der Waals surface area contributed by atoms with E-state index >= 15 is 0 Å². The molecule has 0 aliphatic heterocycles. The number of rotatable bonds is 5. The van der Waals surface area contributed by atoms with Gasteiger partial charge in [-0.05, 0) is 13.0 Å². The van der Waals surface area contributed by atoms with Gasteiger partial charge in [0.25, 0.3) is 0 Å². The van der Waals surface area contributed by atoms with Crippen molar-refractivity contribution in [2.45, 2.75) is 13.0 Å². The number of hydrogen-bond acceptors (Lipinski definition) is 3. The number of benzene rings is 1. The van der Waals surface area contributed by atoms with Crippen LogP contribution in [-0.4, -0.2) is 39.4 Å². The lowest BCUT2D eigenvalue weighted by Crippen LogP contribution is -2.39. The third-order valence-electron chi connectivity index (χ3n) is 2.40. The first-order valence-corrected chi connectivity index (χ1v) is 7.53. The van der Waals surface area contributed by atoms with Gasteiger partial charge < -0.3 is 15.7 Å². The lowest BCUT2D eigenvalue weighted by molar-refractivity contribution is 0.0691. The SMILES string of the molecule is CC(CS(C)=O)NC(=O)Nc1cc(C(=O)O)c(F)cc1F. The van der Waals surface area contributed by atoms with Gasteiger partial charge in [0.05, 0.1) is 11.3 Å². The molecule has 2 unspecified atom stereocenters. The standard InChI is InChI=1S/C12H14F2N2O4S/c1-6(5-21(2)20)15-12(19)16-10-3-7(11(17)18)8(13)4-9(10)14/h3-4,6H,5H2,1-2H3,(H,17,18)(H2,15,16,19). The summed E-state index contributed by atoms with van der Waals surface area (Å²) in [5.74, 6) is -3.70. The Labute approximate surface area is 122 Å². The minimum Gasteiger partial charge on any atom is -0.478 e. The monoisotopic (exact) mass is 320 g/mol. The van der Waals surface area contributed by atoms with Crippen LogP contribution in [0.4, 0.5) is 19.3 Å². The summed E-state index contributed by atoms with van der Waals surface area (Å²) in [6.07, 6.45) is 1.47. The van der Waals surface area contributed by atoms with Crippen LogP contribution in [0.5, 0.6) is 0 Å². The topological polar surface area (TPSA) is 95.5 Å². The summed E-state index contributed by atoms with van der Waals surface area (Å²) in [4.78, 5) is 22.3.